The van der Waals surface area contributed by atoms with E-state index in [0.717, 1.165) is 45.6 Å². The van der Waals surface area contributed by atoms with Crippen LogP contribution in [-0.4, -0.2) is 72.7 Å². The molecule has 0 spiro atoms. The summed E-state index contributed by atoms with van der Waals surface area (Å²) in [5.74, 6) is -0.714. The highest BCUT2D eigenvalue weighted by Crippen LogP contribution is 2.20. The molecule has 1 rings (SSSR count). The van der Waals surface area contributed by atoms with E-state index in [9.17, 15) is 9.90 Å². The van der Waals surface area contributed by atoms with Gasteiger partial charge in [0.1, 0.15) is 5.54 Å². The van der Waals surface area contributed by atoms with Crippen LogP contribution in [0.5, 0.6) is 0 Å². The predicted octanol–water partition coefficient (Wildman–Crippen LogP) is 0.467. The van der Waals surface area contributed by atoms with Crippen LogP contribution in [0, 0.1) is 0 Å². The van der Waals surface area contributed by atoms with E-state index in [4.69, 9.17) is 0 Å². The van der Waals surface area contributed by atoms with Gasteiger partial charge in [-0.1, -0.05) is 13.8 Å². The van der Waals surface area contributed by atoms with Gasteiger partial charge in [0.15, 0.2) is 0 Å². The van der Waals surface area contributed by atoms with Crippen molar-refractivity contribution >= 4 is 5.97 Å². The van der Waals surface area contributed by atoms with Crippen LogP contribution in [0.1, 0.15) is 26.7 Å². The lowest BCUT2D eigenvalue weighted by molar-refractivity contribution is -0.147. The van der Waals surface area contributed by atoms with E-state index >= 15 is 0 Å². The maximum atomic E-state index is 11.5. The van der Waals surface area contributed by atoms with E-state index < -0.39 is 11.5 Å². The molecule has 1 saturated heterocycles. The summed E-state index contributed by atoms with van der Waals surface area (Å²) in [5, 5.41) is 12.8. The van der Waals surface area contributed by atoms with Crippen LogP contribution >= 0.6 is 0 Å². The number of likely N-dealkylation sites (N-methyl/N-ethyl adjacent to an activating group) is 2. The molecule has 0 aromatic carbocycles. The molecule has 1 aliphatic heterocycles. The van der Waals surface area contributed by atoms with Crippen molar-refractivity contribution in [2.75, 3.05) is 46.3 Å². The quantitative estimate of drug-likeness (QED) is 0.694. The molecule has 5 heteroatoms. The Hall–Kier alpha value is -0.650. The molecule has 106 valence electrons. The first-order valence-corrected chi connectivity index (χ1v) is 6.93. The second-order valence-electron chi connectivity index (χ2n) is 5.18. The number of nitrogens with zero attached hydrogens (tertiary/aromatic N) is 2. The summed E-state index contributed by atoms with van der Waals surface area (Å²) in [4.78, 5) is 15.9. The molecule has 1 aliphatic rings. The predicted molar refractivity (Wildman–Crippen MR) is 72.9 cm³/mol. The van der Waals surface area contributed by atoms with Crippen LogP contribution in [0.2, 0.25) is 0 Å². The van der Waals surface area contributed by atoms with E-state index in [0.29, 0.717) is 6.54 Å². The standard InChI is InChI=1S/C13H27N3O2/c1-4-16(5-2)10-8-14-13(12(17)18)7-6-9-15(3)11-13/h14H,4-11H2,1-3H3,(H,17,18). The molecule has 0 aromatic heterocycles. The van der Waals surface area contributed by atoms with E-state index in [-0.39, 0.29) is 0 Å². The molecule has 0 amide bonds. The number of likely N-dealkylation sites (tertiary alicyclic amines) is 1. The van der Waals surface area contributed by atoms with Gasteiger partial charge in [0.2, 0.25) is 0 Å². The van der Waals surface area contributed by atoms with E-state index in [1.165, 1.54) is 0 Å². The Labute approximate surface area is 110 Å². The summed E-state index contributed by atoms with van der Waals surface area (Å²) in [6.07, 6.45) is 1.67. The third kappa shape index (κ3) is 3.93. The first-order chi connectivity index (χ1) is 8.54. The summed E-state index contributed by atoms with van der Waals surface area (Å²) in [7, 11) is 1.99. The number of piperidine rings is 1. The van der Waals surface area contributed by atoms with Crippen LogP contribution in [0.3, 0.4) is 0 Å². The Morgan fingerprint density at radius 1 is 1.44 bits per heavy atom. The van der Waals surface area contributed by atoms with Crippen molar-refractivity contribution in [3.05, 3.63) is 0 Å². The minimum absolute atomic E-state index is 0.598. The third-order valence-corrected chi connectivity index (χ3v) is 3.88. The minimum atomic E-state index is -0.750. The molecule has 0 radical (unpaired) electrons. The van der Waals surface area contributed by atoms with Crippen molar-refractivity contribution in [3.8, 4) is 0 Å². The topological polar surface area (TPSA) is 55.8 Å². The van der Waals surface area contributed by atoms with Gasteiger partial charge in [0, 0.05) is 19.6 Å². The number of hydrogen-bond acceptors (Lipinski definition) is 4. The van der Waals surface area contributed by atoms with Gasteiger partial charge in [0.05, 0.1) is 0 Å². The number of rotatable bonds is 7. The molecule has 0 saturated carbocycles. The molecule has 1 fully saturated rings. The zero-order chi connectivity index (χ0) is 13.6. The molecule has 0 aliphatic carbocycles. The van der Waals surface area contributed by atoms with Crippen molar-refractivity contribution in [1.29, 1.82) is 0 Å². The molecule has 0 bridgehead atoms. The van der Waals surface area contributed by atoms with Crippen LogP contribution in [0.4, 0.5) is 0 Å². The van der Waals surface area contributed by atoms with Gasteiger partial charge in [-0.2, -0.15) is 0 Å². The molecule has 5 nitrogen and oxygen atoms in total. The van der Waals surface area contributed by atoms with Gasteiger partial charge < -0.3 is 14.9 Å². The smallest absolute Gasteiger partial charge is 0.325 e. The van der Waals surface area contributed by atoms with Gasteiger partial charge in [-0.25, -0.2) is 0 Å². The molecular formula is C13H27N3O2. The van der Waals surface area contributed by atoms with Crippen LogP contribution in [-0.2, 0) is 4.79 Å². The van der Waals surface area contributed by atoms with E-state index in [1.807, 2.05) is 7.05 Å². The van der Waals surface area contributed by atoms with Crippen molar-refractivity contribution in [2.24, 2.45) is 0 Å². The number of nitrogens with one attached hydrogen (secondary N) is 1. The fourth-order valence-corrected chi connectivity index (χ4v) is 2.66. The third-order valence-electron chi connectivity index (χ3n) is 3.88. The second kappa shape index (κ2) is 7.07. The number of carbonyl (C=O) groups is 1. The lowest BCUT2D eigenvalue weighted by atomic mass is 9.89. The lowest BCUT2D eigenvalue weighted by Crippen LogP contribution is -2.62. The Morgan fingerprint density at radius 2 is 2.11 bits per heavy atom. The second-order valence-corrected chi connectivity index (χ2v) is 5.18. The maximum Gasteiger partial charge on any atom is 0.325 e. The highest BCUT2D eigenvalue weighted by atomic mass is 16.4. The molecule has 2 N–H and O–H groups in total. The zero-order valence-electron chi connectivity index (χ0n) is 11.9. The number of hydrogen-bond donors (Lipinski definition) is 2. The Kier molecular flexibility index (Phi) is 6.05. The fourth-order valence-electron chi connectivity index (χ4n) is 2.66. The largest absolute Gasteiger partial charge is 0.480 e. The first kappa shape index (κ1) is 15.4. The van der Waals surface area contributed by atoms with Crippen molar-refractivity contribution in [3.63, 3.8) is 0 Å². The molecule has 1 unspecified atom stereocenters. The summed E-state index contributed by atoms with van der Waals surface area (Å²) in [6.45, 7) is 9.52. The SMILES string of the molecule is CCN(CC)CCNC1(C(=O)O)CCCN(C)C1. The Morgan fingerprint density at radius 3 is 2.61 bits per heavy atom. The fraction of sp³-hybridized carbons (Fsp3) is 0.923. The lowest BCUT2D eigenvalue weighted by Gasteiger charge is -2.39. The number of carboxylic acids is 1. The normalized spacial score (nSPS) is 25.6. The highest BCUT2D eigenvalue weighted by molar-refractivity contribution is 5.79. The summed E-state index contributed by atoms with van der Waals surface area (Å²) < 4.78 is 0. The van der Waals surface area contributed by atoms with Crippen molar-refractivity contribution in [2.45, 2.75) is 32.2 Å². The Bertz CT molecular complexity index is 269. The summed E-state index contributed by atoms with van der Waals surface area (Å²) in [5.41, 5.74) is -0.750. The van der Waals surface area contributed by atoms with E-state index in [1.54, 1.807) is 0 Å². The van der Waals surface area contributed by atoms with Crippen LogP contribution < -0.4 is 5.32 Å². The van der Waals surface area contributed by atoms with Gasteiger partial charge in [-0.05, 0) is 39.5 Å². The van der Waals surface area contributed by atoms with Crippen molar-refractivity contribution < 1.29 is 9.90 Å². The highest BCUT2D eigenvalue weighted by Gasteiger charge is 2.40. The zero-order valence-corrected chi connectivity index (χ0v) is 11.9. The maximum absolute atomic E-state index is 11.5. The minimum Gasteiger partial charge on any atom is -0.480 e. The number of carboxylic acid groups (broad SMARTS) is 1. The average molecular weight is 257 g/mol. The first-order valence-electron chi connectivity index (χ1n) is 6.93. The average Bonchev–Trinajstić information content (AvgIpc) is 2.34. The van der Waals surface area contributed by atoms with E-state index in [2.05, 4.69) is 29.0 Å². The molecular weight excluding hydrogens is 230 g/mol. The molecule has 0 aromatic rings. The van der Waals surface area contributed by atoms with Crippen molar-refractivity contribution in [1.82, 2.24) is 15.1 Å². The number of aliphatic carboxylic acids is 1. The Balaban J connectivity index is 2.50. The summed E-state index contributed by atoms with van der Waals surface area (Å²) >= 11 is 0. The van der Waals surface area contributed by atoms with Gasteiger partial charge >= 0.3 is 5.97 Å². The van der Waals surface area contributed by atoms with Gasteiger partial charge in [-0.3, -0.25) is 10.1 Å². The molecule has 1 heterocycles. The molecule has 1 atom stereocenters. The monoisotopic (exact) mass is 257 g/mol. The molecule has 18 heavy (non-hydrogen) atoms. The van der Waals surface area contributed by atoms with Crippen LogP contribution in [0.25, 0.3) is 0 Å². The summed E-state index contributed by atoms with van der Waals surface area (Å²) in [6, 6.07) is 0. The van der Waals surface area contributed by atoms with Crippen LogP contribution in [0.15, 0.2) is 0 Å². The van der Waals surface area contributed by atoms with Gasteiger partial charge in [0.25, 0.3) is 0 Å². The van der Waals surface area contributed by atoms with Gasteiger partial charge in [-0.15, -0.1) is 0 Å².